The average molecular weight is 315 g/mol. The van der Waals surface area contributed by atoms with Crippen LogP contribution in [0, 0.1) is 17.3 Å². The number of amides is 1. The van der Waals surface area contributed by atoms with E-state index in [-0.39, 0.29) is 29.4 Å². The van der Waals surface area contributed by atoms with Gasteiger partial charge in [-0.05, 0) is 43.4 Å². The third kappa shape index (κ3) is 4.21. The Bertz CT molecular complexity index is 476. The molecule has 0 aromatic carbocycles. The number of nitrogens with one attached hydrogen (secondary N) is 1. The number of rotatable bonds is 4. The number of sulfone groups is 1. The molecule has 0 aromatic rings. The number of hydrogen-bond acceptors (Lipinski definition) is 3. The standard InChI is InChI=1S/C16H29NO3S/c1-4-16(2,3)13-5-7-14(8-6-13)17-15(18)12-9-10-21(19,20)11-12/h12-14H,4-11H2,1-3H3,(H,17,18)/t12-,13?,14?/m0/s1. The Labute approximate surface area is 129 Å². The minimum Gasteiger partial charge on any atom is -0.353 e. The van der Waals surface area contributed by atoms with Crippen LogP contribution in [-0.2, 0) is 14.6 Å². The van der Waals surface area contributed by atoms with Gasteiger partial charge >= 0.3 is 0 Å². The molecule has 1 saturated carbocycles. The topological polar surface area (TPSA) is 63.2 Å². The van der Waals surface area contributed by atoms with Gasteiger partial charge in [-0.2, -0.15) is 0 Å². The monoisotopic (exact) mass is 315 g/mol. The first-order chi connectivity index (χ1) is 9.73. The maximum atomic E-state index is 12.2. The molecule has 1 N–H and O–H groups in total. The van der Waals surface area contributed by atoms with Crippen molar-refractivity contribution in [1.82, 2.24) is 5.32 Å². The van der Waals surface area contributed by atoms with Crippen LogP contribution in [0.3, 0.4) is 0 Å². The van der Waals surface area contributed by atoms with Crippen LogP contribution in [0.1, 0.15) is 59.3 Å². The molecule has 0 spiro atoms. The molecule has 4 nitrogen and oxygen atoms in total. The maximum Gasteiger partial charge on any atom is 0.224 e. The molecule has 21 heavy (non-hydrogen) atoms. The first-order valence-electron chi connectivity index (χ1n) is 8.24. The number of hydrogen-bond donors (Lipinski definition) is 1. The zero-order chi connectivity index (χ0) is 15.7. The van der Waals surface area contributed by atoms with Crippen LogP contribution >= 0.6 is 0 Å². The summed E-state index contributed by atoms with van der Waals surface area (Å²) in [6.07, 6.45) is 6.06. The van der Waals surface area contributed by atoms with Gasteiger partial charge in [-0.25, -0.2) is 8.42 Å². The Morgan fingerprint density at radius 3 is 2.24 bits per heavy atom. The van der Waals surface area contributed by atoms with Crippen molar-refractivity contribution >= 4 is 15.7 Å². The average Bonchev–Trinajstić information content (AvgIpc) is 2.80. The van der Waals surface area contributed by atoms with Gasteiger partial charge in [0.25, 0.3) is 0 Å². The highest BCUT2D eigenvalue weighted by atomic mass is 32.2. The fourth-order valence-corrected chi connectivity index (χ4v) is 5.37. The van der Waals surface area contributed by atoms with Crippen molar-refractivity contribution < 1.29 is 13.2 Å². The van der Waals surface area contributed by atoms with Crippen LogP contribution in [0.4, 0.5) is 0 Å². The fraction of sp³-hybridized carbons (Fsp3) is 0.938. The Balaban J connectivity index is 1.80. The molecule has 1 aliphatic carbocycles. The van der Waals surface area contributed by atoms with E-state index >= 15 is 0 Å². The first-order valence-corrected chi connectivity index (χ1v) is 10.1. The molecular weight excluding hydrogens is 286 g/mol. The van der Waals surface area contributed by atoms with E-state index in [4.69, 9.17) is 0 Å². The third-order valence-corrected chi connectivity index (χ3v) is 7.46. The van der Waals surface area contributed by atoms with Crippen molar-refractivity contribution in [3.8, 4) is 0 Å². The van der Waals surface area contributed by atoms with Gasteiger partial charge in [-0.1, -0.05) is 27.2 Å². The van der Waals surface area contributed by atoms with Gasteiger partial charge in [0.2, 0.25) is 5.91 Å². The van der Waals surface area contributed by atoms with Crippen molar-refractivity contribution in [3.63, 3.8) is 0 Å². The summed E-state index contributed by atoms with van der Waals surface area (Å²) in [5.74, 6) is 0.580. The van der Waals surface area contributed by atoms with E-state index in [0.29, 0.717) is 11.8 Å². The largest absolute Gasteiger partial charge is 0.353 e. The molecule has 0 radical (unpaired) electrons. The van der Waals surface area contributed by atoms with Crippen LogP contribution in [0.15, 0.2) is 0 Å². The van der Waals surface area contributed by atoms with Gasteiger partial charge in [-0.15, -0.1) is 0 Å². The highest BCUT2D eigenvalue weighted by molar-refractivity contribution is 7.91. The van der Waals surface area contributed by atoms with Gasteiger partial charge in [0.05, 0.1) is 17.4 Å². The van der Waals surface area contributed by atoms with E-state index in [1.54, 1.807) is 0 Å². The Kier molecular flexibility index (Phi) is 5.01. The molecule has 5 heteroatoms. The highest BCUT2D eigenvalue weighted by Gasteiger charge is 2.36. The van der Waals surface area contributed by atoms with Gasteiger partial charge in [0, 0.05) is 6.04 Å². The van der Waals surface area contributed by atoms with Gasteiger partial charge in [0.1, 0.15) is 0 Å². The second kappa shape index (κ2) is 6.27. The SMILES string of the molecule is CCC(C)(C)C1CCC(NC(=O)[C@H]2CCS(=O)(=O)C2)CC1. The molecule has 1 atom stereocenters. The zero-order valence-electron chi connectivity index (χ0n) is 13.5. The number of carbonyl (C=O) groups excluding carboxylic acids is 1. The van der Waals surface area contributed by atoms with Gasteiger partial charge in [0.15, 0.2) is 9.84 Å². The van der Waals surface area contributed by atoms with E-state index in [0.717, 1.165) is 31.6 Å². The van der Waals surface area contributed by atoms with Crippen molar-refractivity contribution in [1.29, 1.82) is 0 Å². The van der Waals surface area contributed by atoms with E-state index < -0.39 is 9.84 Å². The lowest BCUT2D eigenvalue weighted by Gasteiger charge is -2.39. The Morgan fingerprint density at radius 1 is 1.14 bits per heavy atom. The van der Waals surface area contributed by atoms with Crippen molar-refractivity contribution in [3.05, 3.63) is 0 Å². The summed E-state index contributed by atoms with van der Waals surface area (Å²) < 4.78 is 22.9. The minimum absolute atomic E-state index is 0.0387. The summed E-state index contributed by atoms with van der Waals surface area (Å²) in [7, 11) is -2.97. The minimum atomic E-state index is -2.97. The van der Waals surface area contributed by atoms with E-state index in [9.17, 15) is 13.2 Å². The molecule has 1 amide bonds. The van der Waals surface area contributed by atoms with Gasteiger partial charge < -0.3 is 5.32 Å². The highest BCUT2D eigenvalue weighted by Crippen LogP contribution is 2.40. The van der Waals surface area contributed by atoms with E-state index in [1.165, 1.54) is 6.42 Å². The summed E-state index contributed by atoms with van der Waals surface area (Å²) >= 11 is 0. The predicted molar refractivity (Wildman–Crippen MR) is 84.7 cm³/mol. The molecule has 2 aliphatic rings. The van der Waals surface area contributed by atoms with E-state index in [2.05, 4.69) is 26.1 Å². The molecule has 1 saturated heterocycles. The lowest BCUT2D eigenvalue weighted by Crippen LogP contribution is -2.42. The fourth-order valence-electron chi connectivity index (χ4n) is 3.63. The quantitative estimate of drug-likeness (QED) is 0.867. The van der Waals surface area contributed by atoms with Crippen LogP contribution in [-0.4, -0.2) is 31.9 Å². The molecule has 1 aliphatic heterocycles. The normalized spacial score (nSPS) is 32.8. The Morgan fingerprint density at radius 2 is 1.76 bits per heavy atom. The molecule has 2 rings (SSSR count). The molecule has 0 bridgehead atoms. The van der Waals surface area contributed by atoms with E-state index in [1.807, 2.05) is 0 Å². The molecule has 1 heterocycles. The second-order valence-corrected chi connectivity index (χ2v) is 9.73. The van der Waals surface area contributed by atoms with Crippen molar-refractivity contribution in [2.24, 2.45) is 17.3 Å². The van der Waals surface area contributed by atoms with Crippen molar-refractivity contribution in [2.45, 2.75) is 65.3 Å². The summed E-state index contributed by atoms with van der Waals surface area (Å²) in [4.78, 5) is 12.2. The van der Waals surface area contributed by atoms with Crippen molar-refractivity contribution in [2.75, 3.05) is 11.5 Å². The lowest BCUT2D eigenvalue weighted by molar-refractivity contribution is -0.125. The summed E-state index contributed by atoms with van der Waals surface area (Å²) in [5, 5.41) is 3.09. The maximum absolute atomic E-state index is 12.2. The predicted octanol–water partition coefficient (Wildman–Crippen LogP) is 2.53. The zero-order valence-corrected chi connectivity index (χ0v) is 14.3. The Hall–Kier alpha value is -0.580. The van der Waals surface area contributed by atoms with Crippen LogP contribution in [0.2, 0.25) is 0 Å². The lowest BCUT2D eigenvalue weighted by atomic mass is 9.69. The summed E-state index contributed by atoms with van der Waals surface area (Å²) in [6.45, 7) is 6.91. The smallest absolute Gasteiger partial charge is 0.224 e. The number of carbonyl (C=O) groups is 1. The molecular formula is C16H29NO3S. The molecule has 122 valence electrons. The summed E-state index contributed by atoms with van der Waals surface area (Å²) in [6, 6.07) is 0.240. The van der Waals surface area contributed by atoms with Crippen LogP contribution in [0.25, 0.3) is 0 Å². The molecule has 0 unspecified atom stereocenters. The van der Waals surface area contributed by atoms with Crippen LogP contribution in [0.5, 0.6) is 0 Å². The van der Waals surface area contributed by atoms with Crippen LogP contribution < -0.4 is 5.32 Å². The molecule has 0 aromatic heterocycles. The molecule has 2 fully saturated rings. The third-order valence-electron chi connectivity index (χ3n) is 5.69. The van der Waals surface area contributed by atoms with Gasteiger partial charge in [-0.3, -0.25) is 4.79 Å². The second-order valence-electron chi connectivity index (χ2n) is 7.50. The first kappa shape index (κ1) is 16.8. The summed E-state index contributed by atoms with van der Waals surface area (Å²) in [5.41, 5.74) is 0.383.